The third-order valence-electron chi connectivity index (χ3n) is 3.50. The van der Waals surface area contributed by atoms with Crippen LogP contribution in [0.3, 0.4) is 0 Å². The minimum absolute atomic E-state index is 0.560. The molecule has 2 nitrogen and oxygen atoms in total. The third-order valence-corrected chi connectivity index (χ3v) is 3.50. The first-order chi connectivity index (χ1) is 8.25. The van der Waals surface area contributed by atoms with Gasteiger partial charge in [-0.1, -0.05) is 36.4 Å². The topological polar surface area (TPSA) is 38.9 Å². The molecule has 1 aromatic carbocycles. The molecule has 1 aromatic heterocycles. The second kappa shape index (κ2) is 3.88. The van der Waals surface area contributed by atoms with Crippen molar-refractivity contribution in [1.82, 2.24) is 4.98 Å². The fourth-order valence-corrected chi connectivity index (χ4v) is 2.51. The van der Waals surface area contributed by atoms with Crippen LogP contribution in [-0.2, 0) is 0 Å². The molecule has 2 unspecified atom stereocenters. The Balaban J connectivity index is 1.87. The van der Waals surface area contributed by atoms with Crippen LogP contribution in [0.1, 0.15) is 34.9 Å². The van der Waals surface area contributed by atoms with Gasteiger partial charge in [0.2, 0.25) is 0 Å². The summed E-state index contributed by atoms with van der Waals surface area (Å²) < 4.78 is 0. The summed E-state index contributed by atoms with van der Waals surface area (Å²) in [6, 6.07) is 12.8. The summed E-state index contributed by atoms with van der Waals surface area (Å²) in [7, 11) is 0. The zero-order chi connectivity index (χ0) is 11.8. The highest BCUT2D eigenvalue weighted by atomic mass is 14.8. The van der Waals surface area contributed by atoms with E-state index in [4.69, 9.17) is 5.73 Å². The lowest BCUT2D eigenvalue weighted by Crippen LogP contribution is -1.97. The van der Waals surface area contributed by atoms with E-state index in [9.17, 15) is 0 Å². The van der Waals surface area contributed by atoms with E-state index in [2.05, 4.69) is 48.3 Å². The number of aryl methyl sites for hydroxylation is 1. The number of rotatable bonds is 2. The lowest BCUT2D eigenvalue weighted by atomic mass is 10.0. The first kappa shape index (κ1) is 10.3. The fourth-order valence-electron chi connectivity index (χ4n) is 2.51. The highest BCUT2D eigenvalue weighted by Crippen LogP contribution is 2.55. The molecular weight excluding hydrogens is 208 g/mol. The Morgan fingerprint density at radius 2 is 1.94 bits per heavy atom. The zero-order valence-corrected chi connectivity index (χ0v) is 9.93. The van der Waals surface area contributed by atoms with Gasteiger partial charge in [-0.3, -0.25) is 0 Å². The normalized spacial score (nSPS) is 22.4. The smallest absolute Gasteiger partial charge is 0.126 e. The minimum atomic E-state index is 0.560. The van der Waals surface area contributed by atoms with Crippen molar-refractivity contribution < 1.29 is 0 Å². The van der Waals surface area contributed by atoms with Gasteiger partial charge < -0.3 is 5.73 Å². The molecule has 1 fully saturated rings. The summed E-state index contributed by atoms with van der Waals surface area (Å²) >= 11 is 0. The largest absolute Gasteiger partial charge is 0.383 e. The van der Waals surface area contributed by atoms with Crippen molar-refractivity contribution in [3.05, 3.63) is 59.3 Å². The maximum Gasteiger partial charge on any atom is 0.126 e. The molecule has 86 valence electrons. The van der Waals surface area contributed by atoms with Crippen LogP contribution in [-0.4, -0.2) is 4.98 Å². The molecule has 1 aliphatic carbocycles. The Hall–Kier alpha value is -1.83. The maximum absolute atomic E-state index is 5.96. The van der Waals surface area contributed by atoms with Crippen LogP contribution in [0.2, 0.25) is 0 Å². The van der Waals surface area contributed by atoms with Crippen LogP contribution in [0.4, 0.5) is 5.82 Å². The number of aromatic nitrogens is 1. The summed E-state index contributed by atoms with van der Waals surface area (Å²) in [4.78, 5) is 4.25. The van der Waals surface area contributed by atoms with E-state index >= 15 is 0 Å². The summed E-state index contributed by atoms with van der Waals surface area (Å²) in [5, 5.41) is 0. The summed E-state index contributed by atoms with van der Waals surface area (Å²) in [6.07, 6.45) is 3.03. The molecule has 0 aliphatic heterocycles. The highest BCUT2D eigenvalue weighted by molar-refractivity contribution is 5.48. The number of nitrogen functional groups attached to an aromatic ring is 1. The Labute approximate surface area is 102 Å². The fraction of sp³-hybridized carbons (Fsp3) is 0.267. The van der Waals surface area contributed by atoms with Gasteiger partial charge in [0.1, 0.15) is 5.82 Å². The first-order valence-electron chi connectivity index (χ1n) is 6.02. The van der Waals surface area contributed by atoms with E-state index in [0.717, 1.165) is 0 Å². The predicted molar refractivity (Wildman–Crippen MR) is 69.9 cm³/mol. The number of benzene rings is 1. The highest BCUT2D eigenvalue weighted by Gasteiger charge is 2.40. The number of hydrogen-bond donors (Lipinski definition) is 1. The van der Waals surface area contributed by atoms with Gasteiger partial charge in [-0.25, -0.2) is 4.98 Å². The molecule has 1 saturated carbocycles. The molecule has 17 heavy (non-hydrogen) atoms. The molecule has 0 amide bonds. The molecule has 0 bridgehead atoms. The van der Waals surface area contributed by atoms with Gasteiger partial charge in [-0.15, -0.1) is 0 Å². The number of pyridine rings is 1. The van der Waals surface area contributed by atoms with Gasteiger partial charge in [0.25, 0.3) is 0 Å². The average molecular weight is 224 g/mol. The predicted octanol–water partition coefficient (Wildman–Crippen LogP) is 3.24. The molecule has 2 atom stereocenters. The molecule has 2 aromatic rings. The Bertz CT molecular complexity index is 534. The summed E-state index contributed by atoms with van der Waals surface area (Å²) in [6.45, 7) is 2.07. The molecule has 0 spiro atoms. The van der Waals surface area contributed by atoms with E-state index < -0.39 is 0 Å². The third kappa shape index (κ3) is 1.91. The number of nitrogens with two attached hydrogens (primary N) is 1. The van der Waals surface area contributed by atoms with Crippen molar-refractivity contribution in [1.29, 1.82) is 0 Å². The molecule has 2 N–H and O–H groups in total. The second-order valence-corrected chi connectivity index (χ2v) is 4.85. The Morgan fingerprint density at radius 1 is 1.18 bits per heavy atom. The van der Waals surface area contributed by atoms with Crippen molar-refractivity contribution in [2.75, 3.05) is 5.73 Å². The van der Waals surface area contributed by atoms with Crippen LogP contribution in [0.25, 0.3) is 0 Å². The van der Waals surface area contributed by atoms with Gasteiger partial charge in [-0.05, 0) is 41.9 Å². The van der Waals surface area contributed by atoms with Gasteiger partial charge in [0.15, 0.2) is 0 Å². The summed E-state index contributed by atoms with van der Waals surface area (Å²) in [5.74, 6) is 1.88. The van der Waals surface area contributed by atoms with E-state index in [1.54, 1.807) is 0 Å². The Morgan fingerprint density at radius 3 is 2.71 bits per heavy atom. The lowest BCUT2D eigenvalue weighted by molar-refractivity contribution is 1.01. The molecule has 1 heterocycles. The number of hydrogen-bond acceptors (Lipinski definition) is 2. The van der Waals surface area contributed by atoms with Crippen LogP contribution >= 0.6 is 0 Å². The zero-order valence-electron chi connectivity index (χ0n) is 9.93. The van der Waals surface area contributed by atoms with E-state index in [-0.39, 0.29) is 0 Å². The van der Waals surface area contributed by atoms with Crippen molar-refractivity contribution in [3.8, 4) is 0 Å². The van der Waals surface area contributed by atoms with Crippen molar-refractivity contribution >= 4 is 5.82 Å². The van der Waals surface area contributed by atoms with Crippen molar-refractivity contribution in [2.45, 2.75) is 25.2 Å². The SMILES string of the molecule is Cc1cnc(N)c(C2CC2c2ccccc2)c1. The van der Waals surface area contributed by atoms with Crippen LogP contribution in [0.15, 0.2) is 42.6 Å². The quantitative estimate of drug-likeness (QED) is 0.850. The van der Waals surface area contributed by atoms with Crippen molar-refractivity contribution in [2.24, 2.45) is 0 Å². The lowest BCUT2D eigenvalue weighted by Gasteiger charge is -2.05. The first-order valence-corrected chi connectivity index (χ1v) is 6.02. The minimum Gasteiger partial charge on any atom is -0.383 e. The molecule has 1 aliphatic rings. The Kier molecular flexibility index (Phi) is 2.36. The summed E-state index contributed by atoms with van der Waals surface area (Å²) in [5.41, 5.74) is 9.78. The van der Waals surface area contributed by atoms with Crippen LogP contribution < -0.4 is 5.73 Å². The van der Waals surface area contributed by atoms with E-state index in [1.807, 2.05) is 6.20 Å². The van der Waals surface area contributed by atoms with Crippen LogP contribution in [0.5, 0.6) is 0 Å². The van der Waals surface area contributed by atoms with Gasteiger partial charge in [0.05, 0.1) is 0 Å². The maximum atomic E-state index is 5.96. The average Bonchev–Trinajstić information content (AvgIpc) is 3.13. The van der Waals surface area contributed by atoms with Gasteiger partial charge in [-0.2, -0.15) is 0 Å². The van der Waals surface area contributed by atoms with Gasteiger partial charge >= 0.3 is 0 Å². The van der Waals surface area contributed by atoms with Crippen LogP contribution in [0, 0.1) is 6.92 Å². The number of anilines is 1. The van der Waals surface area contributed by atoms with E-state index in [1.165, 1.54) is 23.1 Å². The monoisotopic (exact) mass is 224 g/mol. The molecule has 0 radical (unpaired) electrons. The van der Waals surface area contributed by atoms with Gasteiger partial charge in [0, 0.05) is 6.20 Å². The molecule has 0 saturated heterocycles. The molecule has 3 rings (SSSR count). The molecule has 2 heteroatoms. The van der Waals surface area contributed by atoms with E-state index in [0.29, 0.717) is 17.7 Å². The molecular formula is C15H16N2. The van der Waals surface area contributed by atoms with Crippen molar-refractivity contribution in [3.63, 3.8) is 0 Å². The number of nitrogens with zero attached hydrogens (tertiary/aromatic N) is 1. The second-order valence-electron chi connectivity index (χ2n) is 4.85. The standard InChI is InChI=1S/C15H16N2/c1-10-7-14(15(16)17-9-10)13-8-12(13)11-5-3-2-4-6-11/h2-7,9,12-13H,8H2,1H3,(H2,16,17).